The highest BCUT2D eigenvalue weighted by Crippen LogP contribution is 2.45. The highest BCUT2D eigenvalue weighted by atomic mass is 35.5. The Labute approximate surface area is 301 Å². The fraction of sp³-hybridized carbons (Fsp3) is 0.342. The van der Waals surface area contributed by atoms with Crippen molar-refractivity contribution < 1.29 is 14.3 Å². The Morgan fingerprint density at radius 1 is 0.796 bits per heavy atom. The van der Waals surface area contributed by atoms with Gasteiger partial charge in [-0.1, -0.05) is 89.4 Å². The van der Waals surface area contributed by atoms with Crippen molar-refractivity contribution in [1.82, 2.24) is 25.8 Å². The molecule has 0 aliphatic carbocycles. The van der Waals surface area contributed by atoms with Crippen LogP contribution in [0.3, 0.4) is 0 Å². The van der Waals surface area contributed by atoms with E-state index in [1.165, 1.54) is 5.56 Å². The first-order valence-electron chi connectivity index (χ1n) is 16.7. The molecule has 2 saturated heterocycles. The molecule has 3 aromatic carbocycles. The molecule has 0 bridgehead atoms. The number of pyridine rings is 1. The second kappa shape index (κ2) is 14.7. The predicted octanol–water partition coefficient (Wildman–Crippen LogP) is 7.06. The van der Waals surface area contributed by atoms with Gasteiger partial charge in [0.1, 0.15) is 0 Å². The summed E-state index contributed by atoms with van der Waals surface area (Å²) in [5.74, 6) is 0.745. The van der Waals surface area contributed by atoms with Crippen LogP contribution in [-0.4, -0.2) is 60.5 Å². The fourth-order valence-electron chi connectivity index (χ4n) is 7.17. The van der Waals surface area contributed by atoms with Crippen molar-refractivity contribution in [3.05, 3.63) is 92.4 Å². The fourth-order valence-corrected chi connectivity index (χ4v) is 8.17. The van der Waals surface area contributed by atoms with Gasteiger partial charge in [-0.3, -0.25) is 14.5 Å². The number of ether oxygens (including phenoxy) is 1. The summed E-state index contributed by atoms with van der Waals surface area (Å²) >= 11 is 21.5. The number of aromatic nitrogens is 1. The Morgan fingerprint density at radius 2 is 1.43 bits per heavy atom. The highest BCUT2D eigenvalue weighted by Gasteiger charge is 2.27. The molecule has 0 unspecified atom stereocenters. The van der Waals surface area contributed by atoms with Gasteiger partial charge in [0.05, 0.1) is 27.9 Å². The lowest BCUT2D eigenvalue weighted by Crippen LogP contribution is -2.41. The van der Waals surface area contributed by atoms with Crippen molar-refractivity contribution >= 4 is 46.6 Å². The van der Waals surface area contributed by atoms with Crippen LogP contribution in [0.1, 0.15) is 42.4 Å². The SMILES string of the molecule is COc1nc(-c2cccc(-c3cccc(-c4ccc5c(c4Cl)CN(C[C@@H]4CCC(=O)N4)CC5)c3Cl)c2Cl)ccc1CNC[C@H]1CCC(=O)N1. The number of carbonyl (C=O) groups is 2. The number of rotatable bonds is 10. The zero-order valence-electron chi connectivity index (χ0n) is 27.3. The van der Waals surface area contributed by atoms with Gasteiger partial charge in [-0.2, -0.15) is 0 Å². The van der Waals surface area contributed by atoms with Gasteiger partial charge in [0.15, 0.2) is 0 Å². The van der Waals surface area contributed by atoms with Crippen molar-refractivity contribution in [2.24, 2.45) is 0 Å². The van der Waals surface area contributed by atoms with Crippen LogP contribution in [0.4, 0.5) is 0 Å². The van der Waals surface area contributed by atoms with Crippen molar-refractivity contribution in [3.63, 3.8) is 0 Å². The highest BCUT2D eigenvalue weighted by molar-refractivity contribution is 6.40. The van der Waals surface area contributed by atoms with Crippen LogP contribution in [0.15, 0.2) is 60.7 Å². The molecule has 2 amide bonds. The zero-order chi connectivity index (χ0) is 34.1. The van der Waals surface area contributed by atoms with Crippen LogP contribution in [0.5, 0.6) is 5.88 Å². The van der Waals surface area contributed by atoms with E-state index in [0.29, 0.717) is 52.6 Å². The number of benzene rings is 3. The first-order valence-corrected chi connectivity index (χ1v) is 17.9. The van der Waals surface area contributed by atoms with E-state index in [2.05, 4.69) is 33.0 Å². The standard InChI is InChI=1S/C38H38Cl3N5O3/c1-49-38-23(18-42-19-24-10-14-33(47)43-24)9-13-32(45-38)30-7-3-6-27(36(30)40)26-4-2-5-28(35(26)39)29-12-8-22-16-17-46(21-31(22)37(29)41)20-25-11-15-34(48)44-25/h2-9,12-13,24-25,42H,10-11,14-21H2,1H3,(H,43,47)(H,44,48)/t24-,25+/m1/s1. The molecule has 254 valence electrons. The van der Waals surface area contributed by atoms with Gasteiger partial charge >= 0.3 is 0 Å². The van der Waals surface area contributed by atoms with E-state index in [9.17, 15) is 9.59 Å². The number of nitrogens with zero attached hydrogens (tertiary/aromatic N) is 2. The molecular formula is C38H38Cl3N5O3. The third kappa shape index (κ3) is 7.16. The first kappa shape index (κ1) is 33.8. The minimum Gasteiger partial charge on any atom is -0.481 e. The van der Waals surface area contributed by atoms with Crippen LogP contribution in [-0.2, 0) is 29.1 Å². The molecule has 4 heterocycles. The molecule has 3 aliphatic heterocycles. The number of carbonyl (C=O) groups excluding carboxylic acids is 2. The maximum Gasteiger partial charge on any atom is 0.220 e. The first-order chi connectivity index (χ1) is 23.8. The van der Waals surface area contributed by atoms with Crippen LogP contribution >= 0.6 is 34.8 Å². The summed E-state index contributed by atoms with van der Waals surface area (Å²) in [6.07, 6.45) is 3.79. The number of hydrogen-bond acceptors (Lipinski definition) is 6. The smallest absolute Gasteiger partial charge is 0.220 e. The third-order valence-corrected chi connectivity index (χ3v) is 11.0. The van der Waals surface area contributed by atoms with Gasteiger partial charge in [0, 0.05) is 91.0 Å². The summed E-state index contributed by atoms with van der Waals surface area (Å²) < 4.78 is 5.66. The summed E-state index contributed by atoms with van der Waals surface area (Å²) in [5.41, 5.74) is 8.01. The van der Waals surface area contributed by atoms with Gasteiger partial charge in [-0.05, 0) is 36.5 Å². The molecule has 0 spiro atoms. The quantitative estimate of drug-likeness (QED) is 0.163. The molecule has 0 radical (unpaired) electrons. The Bertz CT molecular complexity index is 1920. The number of methoxy groups -OCH3 is 1. The maximum absolute atomic E-state index is 11.7. The minimum atomic E-state index is 0.102. The number of amides is 2. The summed E-state index contributed by atoms with van der Waals surface area (Å²) in [5, 5.41) is 11.3. The molecule has 49 heavy (non-hydrogen) atoms. The summed E-state index contributed by atoms with van der Waals surface area (Å²) in [4.78, 5) is 30.5. The Kier molecular flexibility index (Phi) is 10.1. The van der Waals surface area contributed by atoms with Gasteiger partial charge in [0.2, 0.25) is 17.7 Å². The Morgan fingerprint density at radius 3 is 2.08 bits per heavy atom. The van der Waals surface area contributed by atoms with Gasteiger partial charge in [-0.25, -0.2) is 4.98 Å². The Hall–Kier alpha value is -3.66. The Balaban J connectivity index is 1.13. The zero-order valence-corrected chi connectivity index (χ0v) is 29.5. The van der Waals surface area contributed by atoms with Gasteiger partial charge in [-0.15, -0.1) is 0 Å². The number of halogens is 3. The molecule has 1 aromatic heterocycles. The van der Waals surface area contributed by atoms with E-state index >= 15 is 0 Å². The van der Waals surface area contributed by atoms with Crippen molar-refractivity contribution in [2.75, 3.05) is 26.7 Å². The average molecular weight is 719 g/mol. The van der Waals surface area contributed by atoms with E-state index in [4.69, 9.17) is 44.5 Å². The summed E-state index contributed by atoms with van der Waals surface area (Å²) in [6, 6.07) is 20.3. The normalized spacial score (nSPS) is 19.1. The van der Waals surface area contributed by atoms with Crippen LogP contribution in [0.25, 0.3) is 33.5 Å². The molecule has 11 heteroatoms. The molecule has 8 nitrogen and oxygen atoms in total. The molecule has 4 aromatic rings. The maximum atomic E-state index is 11.7. The van der Waals surface area contributed by atoms with Crippen LogP contribution in [0.2, 0.25) is 15.1 Å². The van der Waals surface area contributed by atoms with E-state index in [0.717, 1.165) is 77.8 Å². The largest absolute Gasteiger partial charge is 0.481 e. The van der Waals surface area contributed by atoms with E-state index < -0.39 is 0 Å². The monoisotopic (exact) mass is 717 g/mol. The number of hydrogen-bond donors (Lipinski definition) is 3. The number of nitrogens with one attached hydrogen (secondary N) is 3. The van der Waals surface area contributed by atoms with E-state index in [-0.39, 0.29) is 23.9 Å². The van der Waals surface area contributed by atoms with Crippen molar-refractivity contribution in [1.29, 1.82) is 0 Å². The van der Waals surface area contributed by atoms with E-state index in [1.807, 2.05) is 48.5 Å². The number of fused-ring (bicyclic) bond motifs is 1. The lowest BCUT2D eigenvalue weighted by molar-refractivity contribution is -0.120. The van der Waals surface area contributed by atoms with Crippen LogP contribution in [0, 0.1) is 0 Å². The topological polar surface area (TPSA) is 95.6 Å². The minimum absolute atomic E-state index is 0.102. The second-order valence-corrected chi connectivity index (χ2v) is 14.1. The molecule has 3 N–H and O–H groups in total. The van der Waals surface area contributed by atoms with Gasteiger partial charge in [0.25, 0.3) is 0 Å². The molecular weight excluding hydrogens is 681 g/mol. The lowest BCUT2D eigenvalue weighted by atomic mass is 9.92. The van der Waals surface area contributed by atoms with E-state index in [1.54, 1.807) is 7.11 Å². The predicted molar refractivity (Wildman–Crippen MR) is 195 cm³/mol. The van der Waals surface area contributed by atoms with Crippen molar-refractivity contribution in [3.8, 4) is 39.4 Å². The average Bonchev–Trinajstić information content (AvgIpc) is 3.72. The molecule has 7 rings (SSSR count). The van der Waals surface area contributed by atoms with Crippen LogP contribution < -0.4 is 20.7 Å². The molecule has 3 aliphatic rings. The summed E-state index contributed by atoms with van der Waals surface area (Å²) in [6.45, 7) is 3.71. The summed E-state index contributed by atoms with van der Waals surface area (Å²) in [7, 11) is 1.61. The van der Waals surface area contributed by atoms with Crippen molar-refractivity contribution in [2.45, 2.75) is 57.3 Å². The molecule has 2 fully saturated rings. The third-order valence-electron chi connectivity index (χ3n) is 9.76. The van der Waals surface area contributed by atoms with Gasteiger partial charge < -0.3 is 20.7 Å². The molecule has 0 saturated carbocycles. The molecule has 2 atom stereocenters. The lowest BCUT2D eigenvalue weighted by Gasteiger charge is -2.32. The second-order valence-electron chi connectivity index (χ2n) is 13.0.